The van der Waals surface area contributed by atoms with Crippen LogP contribution in [0.2, 0.25) is 0 Å². The summed E-state index contributed by atoms with van der Waals surface area (Å²) in [7, 11) is 0. The molecule has 18 heavy (non-hydrogen) atoms. The highest BCUT2D eigenvalue weighted by molar-refractivity contribution is 5.49. The van der Waals surface area contributed by atoms with Gasteiger partial charge in [0.1, 0.15) is 5.82 Å². The minimum absolute atomic E-state index is 0.0938. The van der Waals surface area contributed by atoms with E-state index < -0.39 is 17.8 Å². The number of morpholine rings is 1. The molecule has 1 aromatic heterocycles. The summed E-state index contributed by atoms with van der Waals surface area (Å²) in [6.45, 7) is 0.598. The second kappa shape index (κ2) is 4.82. The average Bonchev–Trinajstić information content (AvgIpc) is 2.38. The van der Waals surface area contributed by atoms with E-state index in [1.165, 1.54) is 17.2 Å². The van der Waals surface area contributed by atoms with Crippen LogP contribution >= 0.6 is 0 Å². The van der Waals surface area contributed by atoms with Gasteiger partial charge in [0.05, 0.1) is 24.8 Å². The number of anilines is 1. The highest BCUT2D eigenvalue weighted by atomic mass is 19.4. The number of hydrogen-bond donors (Lipinski definition) is 0. The molecule has 2 heterocycles. The maximum atomic E-state index is 12.8. The van der Waals surface area contributed by atoms with Crippen LogP contribution in [-0.2, 0) is 10.9 Å². The van der Waals surface area contributed by atoms with Crippen molar-refractivity contribution in [3.8, 4) is 6.07 Å². The molecule has 1 atom stereocenters. The smallest absolute Gasteiger partial charge is 0.360 e. The SMILES string of the molecule is N#CC1CN(c2ncccc2C(F)(F)F)CCO1. The van der Waals surface area contributed by atoms with E-state index in [0.717, 1.165) is 6.07 Å². The molecule has 0 bridgehead atoms. The highest BCUT2D eigenvalue weighted by Crippen LogP contribution is 2.35. The molecule has 0 radical (unpaired) electrons. The Balaban J connectivity index is 2.31. The first-order valence-electron chi connectivity index (χ1n) is 5.31. The van der Waals surface area contributed by atoms with E-state index in [9.17, 15) is 13.2 Å². The number of hydrogen-bond acceptors (Lipinski definition) is 4. The van der Waals surface area contributed by atoms with E-state index >= 15 is 0 Å². The second-order valence-corrected chi connectivity index (χ2v) is 3.81. The molecule has 0 aromatic carbocycles. The number of alkyl halides is 3. The quantitative estimate of drug-likeness (QED) is 0.770. The van der Waals surface area contributed by atoms with Gasteiger partial charge in [0.25, 0.3) is 0 Å². The summed E-state index contributed by atoms with van der Waals surface area (Å²) < 4.78 is 43.6. The molecule has 0 saturated carbocycles. The number of nitrogens with zero attached hydrogens (tertiary/aromatic N) is 3. The molecule has 4 nitrogen and oxygen atoms in total. The van der Waals surface area contributed by atoms with Crippen LogP contribution in [-0.4, -0.2) is 30.8 Å². The summed E-state index contributed by atoms with van der Waals surface area (Å²) in [5.74, 6) is -0.145. The van der Waals surface area contributed by atoms with Gasteiger partial charge in [0.2, 0.25) is 0 Å². The highest BCUT2D eigenvalue weighted by Gasteiger charge is 2.36. The van der Waals surface area contributed by atoms with Crippen LogP contribution in [0.1, 0.15) is 5.56 Å². The van der Waals surface area contributed by atoms with Crippen molar-refractivity contribution < 1.29 is 17.9 Å². The number of pyridine rings is 1. The standard InChI is InChI=1S/C11H10F3N3O/c12-11(13,14)9-2-1-3-16-10(9)17-4-5-18-8(6-15)7-17/h1-3,8H,4-5,7H2. The Labute approximate surface area is 102 Å². The van der Waals surface area contributed by atoms with Gasteiger partial charge >= 0.3 is 6.18 Å². The van der Waals surface area contributed by atoms with Gasteiger partial charge in [-0.2, -0.15) is 18.4 Å². The summed E-state index contributed by atoms with van der Waals surface area (Å²) in [6.07, 6.45) is -3.87. The molecule has 1 unspecified atom stereocenters. The van der Waals surface area contributed by atoms with E-state index in [2.05, 4.69) is 4.98 Å². The zero-order valence-corrected chi connectivity index (χ0v) is 9.31. The fourth-order valence-corrected chi connectivity index (χ4v) is 1.79. The lowest BCUT2D eigenvalue weighted by Crippen LogP contribution is -2.43. The monoisotopic (exact) mass is 257 g/mol. The molecule has 7 heteroatoms. The molecule has 1 aliphatic rings. The summed E-state index contributed by atoms with van der Waals surface area (Å²) in [5, 5.41) is 8.74. The number of aromatic nitrogens is 1. The van der Waals surface area contributed by atoms with Crippen LogP contribution in [0.15, 0.2) is 18.3 Å². The first kappa shape index (κ1) is 12.6. The summed E-state index contributed by atoms with van der Waals surface area (Å²) in [5.41, 5.74) is -0.788. The van der Waals surface area contributed by atoms with Crippen molar-refractivity contribution in [3.05, 3.63) is 23.9 Å². The Morgan fingerprint density at radius 1 is 1.50 bits per heavy atom. The van der Waals surface area contributed by atoms with E-state index in [-0.39, 0.29) is 25.5 Å². The fraction of sp³-hybridized carbons (Fsp3) is 0.455. The van der Waals surface area contributed by atoms with Crippen molar-refractivity contribution in [2.75, 3.05) is 24.6 Å². The lowest BCUT2D eigenvalue weighted by molar-refractivity contribution is -0.137. The van der Waals surface area contributed by atoms with Crippen LogP contribution in [0.3, 0.4) is 0 Å². The molecule has 2 rings (SSSR count). The largest absolute Gasteiger partial charge is 0.419 e. The van der Waals surface area contributed by atoms with E-state index in [1.807, 2.05) is 6.07 Å². The number of rotatable bonds is 1. The predicted octanol–water partition coefficient (Wildman–Crippen LogP) is 1.83. The van der Waals surface area contributed by atoms with Gasteiger partial charge in [-0.1, -0.05) is 0 Å². The summed E-state index contributed by atoms with van der Waals surface area (Å²) >= 11 is 0. The summed E-state index contributed by atoms with van der Waals surface area (Å²) in [6, 6.07) is 4.12. The molecule has 0 spiro atoms. The zero-order valence-electron chi connectivity index (χ0n) is 9.31. The Morgan fingerprint density at radius 3 is 2.94 bits per heavy atom. The molecule has 0 amide bonds. The molecule has 1 aromatic rings. The minimum atomic E-state index is -4.45. The van der Waals surface area contributed by atoms with Gasteiger partial charge in [-0.15, -0.1) is 0 Å². The Kier molecular flexibility index (Phi) is 3.39. The van der Waals surface area contributed by atoms with E-state index in [4.69, 9.17) is 10.00 Å². The molecule has 0 aliphatic carbocycles. The maximum Gasteiger partial charge on any atom is 0.419 e. The molecule has 0 N–H and O–H groups in total. The topological polar surface area (TPSA) is 49.2 Å². The maximum absolute atomic E-state index is 12.8. The summed E-state index contributed by atoms with van der Waals surface area (Å²) in [4.78, 5) is 5.21. The molecular weight excluding hydrogens is 247 g/mol. The molecule has 1 fully saturated rings. The fourth-order valence-electron chi connectivity index (χ4n) is 1.79. The first-order valence-corrected chi connectivity index (χ1v) is 5.31. The Hall–Kier alpha value is -1.81. The van der Waals surface area contributed by atoms with Gasteiger partial charge in [0, 0.05) is 12.7 Å². The van der Waals surface area contributed by atoms with Crippen LogP contribution in [0.25, 0.3) is 0 Å². The van der Waals surface area contributed by atoms with Gasteiger partial charge < -0.3 is 9.64 Å². The third-order valence-electron chi connectivity index (χ3n) is 2.60. The van der Waals surface area contributed by atoms with Crippen LogP contribution in [0.5, 0.6) is 0 Å². The average molecular weight is 257 g/mol. The van der Waals surface area contributed by atoms with Crippen molar-refractivity contribution in [3.63, 3.8) is 0 Å². The number of nitriles is 1. The Bertz CT molecular complexity index is 469. The van der Waals surface area contributed by atoms with Gasteiger partial charge in [-0.3, -0.25) is 0 Å². The van der Waals surface area contributed by atoms with Crippen LogP contribution < -0.4 is 4.90 Å². The third-order valence-corrected chi connectivity index (χ3v) is 2.60. The normalized spacial score (nSPS) is 20.6. The van der Waals surface area contributed by atoms with Crippen LogP contribution in [0.4, 0.5) is 19.0 Å². The number of halogens is 3. The Morgan fingerprint density at radius 2 is 2.28 bits per heavy atom. The van der Waals surface area contributed by atoms with Crippen molar-refractivity contribution >= 4 is 5.82 Å². The van der Waals surface area contributed by atoms with Crippen molar-refractivity contribution in [1.29, 1.82) is 5.26 Å². The predicted molar refractivity (Wildman–Crippen MR) is 56.8 cm³/mol. The number of ether oxygens (including phenoxy) is 1. The van der Waals surface area contributed by atoms with Gasteiger partial charge in [-0.05, 0) is 12.1 Å². The van der Waals surface area contributed by atoms with Gasteiger partial charge in [-0.25, -0.2) is 4.98 Å². The second-order valence-electron chi connectivity index (χ2n) is 3.81. The van der Waals surface area contributed by atoms with E-state index in [1.54, 1.807) is 0 Å². The van der Waals surface area contributed by atoms with Crippen LogP contribution in [0, 0.1) is 11.3 Å². The van der Waals surface area contributed by atoms with Crippen molar-refractivity contribution in [1.82, 2.24) is 4.98 Å². The lowest BCUT2D eigenvalue weighted by atomic mass is 10.2. The first-order chi connectivity index (χ1) is 8.52. The zero-order chi connectivity index (χ0) is 13.2. The van der Waals surface area contributed by atoms with Crippen molar-refractivity contribution in [2.45, 2.75) is 12.3 Å². The molecule has 1 aliphatic heterocycles. The molecular formula is C11H10F3N3O. The third kappa shape index (κ3) is 2.54. The molecule has 96 valence electrons. The van der Waals surface area contributed by atoms with Gasteiger partial charge in [0.15, 0.2) is 6.10 Å². The molecule has 1 saturated heterocycles. The van der Waals surface area contributed by atoms with Crippen molar-refractivity contribution in [2.24, 2.45) is 0 Å². The minimum Gasteiger partial charge on any atom is -0.360 e. The lowest BCUT2D eigenvalue weighted by Gasteiger charge is -2.32. The van der Waals surface area contributed by atoms with E-state index in [0.29, 0.717) is 0 Å².